The van der Waals surface area contributed by atoms with Gasteiger partial charge in [0.25, 0.3) is 0 Å². The second-order valence-corrected chi connectivity index (χ2v) is 4.08. The van der Waals surface area contributed by atoms with Gasteiger partial charge in [-0.3, -0.25) is 0 Å². The second-order valence-electron chi connectivity index (χ2n) is 2.94. The molecule has 0 atom stereocenters. The van der Waals surface area contributed by atoms with Crippen molar-refractivity contribution in [3.8, 4) is 0 Å². The lowest BCUT2D eigenvalue weighted by Crippen LogP contribution is -2.00. The van der Waals surface area contributed by atoms with E-state index in [4.69, 9.17) is 10.8 Å². The van der Waals surface area contributed by atoms with Gasteiger partial charge in [-0.05, 0) is 36.9 Å². The minimum atomic E-state index is -1.05. The van der Waals surface area contributed by atoms with Crippen molar-refractivity contribution in [2.45, 2.75) is 11.3 Å². The zero-order valence-electron chi connectivity index (χ0n) is 8.07. The Kier molecular flexibility index (Phi) is 4.58. The molecule has 0 radical (unpaired) electrons. The molecule has 1 aromatic rings. The molecule has 0 amide bonds. The van der Waals surface area contributed by atoms with Crippen molar-refractivity contribution in [3.63, 3.8) is 0 Å². The molecule has 3 N–H and O–H groups in total. The smallest absolute Gasteiger partial charge is 0.335 e. The average molecular weight is 229 g/mol. The van der Waals surface area contributed by atoms with Crippen molar-refractivity contribution in [1.29, 1.82) is 0 Å². The number of nitrogens with two attached hydrogens (primary N) is 1. The summed E-state index contributed by atoms with van der Waals surface area (Å²) in [6.45, 7) is 0.549. The van der Waals surface area contributed by atoms with Gasteiger partial charge < -0.3 is 10.8 Å². The summed E-state index contributed by atoms with van der Waals surface area (Å²) >= 11 is 1.28. The molecule has 0 aromatic heterocycles. The summed E-state index contributed by atoms with van der Waals surface area (Å²) in [7, 11) is 0. The van der Waals surface area contributed by atoms with Crippen LogP contribution >= 0.6 is 11.8 Å². The van der Waals surface area contributed by atoms with Gasteiger partial charge in [-0.1, -0.05) is 0 Å². The number of thioether (sulfide) groups is 1. The van der Waals surface area contributed by atoms with E-state index in [9.17, 15) is 9.18 Å². The van der Waals surface area contributed by atoms with E-state index < -0.39 is 5.97 Å². The molecule has 5 heteroatoms. The van der Waals surface area contributed by atoms with Gasteiger partial charge in [0, 0.05) is 4.90 Å². The third-order valence-electron chi connectivity index (χ3n) is 1.78. The zero-order valence-corrected chi connectivity index (χ0v) is 8.89. The van der Waals surface area contributed by atoms with E-state index in [1.54, 1.807) is 0 Å². The molecule has 0 aliphatic rings. The second kappa shape index (κ2) is 5.72. The third-order valence-corrected chi connectivity index (χ3v) is 2.90. The number of rotatable bonds is 5. The maximum absolute atomic E-state index is 13.2. The summed E-state index contributed by atoms with van der Waals surface area (Å²) in [6.07, 6.45) is 0.779. The Morgan fingerprint density at radius 3 is 2.87 bits per heavy atom. The van der Waals surface area contributed by atoms with E-state index in [1.807, 2.05) is 0 Å². The Morgan fingerprint density at radius 1 is 1.53 bits per heavy atom. The number of benzene rings is 1. The van der Waals surface area contributed by atoms with Crippen molar-refractivity contribution in [2.75, 3.05) is 12.3 Å². The summed E-state index contributed by atoms with van der Waals surface area (Å²) in [4.78, 5) is 11.0. The van der Waals surface area contributed by atoms with Gasteiger partial charge in [-0.25, -0.2) is 9.18 Å². The van der Waals surface area contributed by atoms with E-state index >= 15 is 0 Å². The lowest BCUT2D eigenvalue weighted by molar-refractivity contribution is 0.0696. The van der Waals surface area contributed by atoms with E-state index in [1.165, 1.54) is 30.0 Å². The summed E-state index contributed by atoms with van der Waals surface area (Å²) in [5, 5.41) is 8.72. The molecule has 1 aromatic carbocycles. The minimum Gasteiger partial charge on any atom is -0.478 e. The molecule has 0 saturated carbocycles. The van der Waals surface area contributed by atoms with Crippen LogP contribution in [0.25, 0.3) is 0 Å². The molecule has 0 spiro atoms. The van der Waals surface area contributed by atoms with E-state index in [0.717, 1.165) is 6.42 Å². The number of aromatic carboxylic acids is 1. The first-order valence-electron chi connectivity index (χ1n) is 4.51. The number of carbonyl (C=O) groups is 1. The van der Waals surface area contributed by atoms with E-state index in [2.05, 4.69) is 0 Å². The first kappa shape index (κ1) is 12.0. The largest absolute Gasteiger partial charge is 0.478 e. The Morgan fingerprint density at radius 2 is 2.27 bits per heavy atom. The monoisotopic (exact) mass is 229 g/mol. The normalized spacial score (nSPS) is 10.3. The topological polar surface area (TPSA) is 63.3 Å². The average Bonchev–Trinajstić information content (AvgIpc) is 2.20. The predicted octanol–water partition coefficient (Wildman–Crippen LogP) is 1.96. The fraction of sp³-hybridized carbons (Fsp3) is 0.300. The fourth-order valence-electron chi connectivity index (χ4n) is 1.01. The molecular weight excluding hydrogens is 217 g/mol. The van der Waals surface area contributed by atoms with Gasteiger partial charge in [0.2, 0.25) is 0 Å². The lowest BCUT2D eigenvalue weighted by Gasteiger charge is -2.03. The van der Waals surface area contributed by atoms with Crippen molar-refractivity contribution >= 4 is 17.7 Å². The highest BCUT2D eigenvalue weighted by molar-refractivity contribution is 7.99. The fourth-order valence-corrected chi connectivity index (χ4v) is 1.96. The minimum absolute atomic E-state index is 0.103. The Labute approximate surface area is 91.5 Å². The maximum Gasteiger partial charge on any atom is 0.335 e. The molecule has 0 heterocycles. The highest BCUT2D eigenvalue weighted by atomic mass is 32.2. The van der Waals surface area contributed by atoms with Gasteiger partial charge in [0.05, 0.1) is 5.56 Å². The Hall–Kier alpha value is -1.07. The molecule has 0 bridgehead atoms. The molecule has 0 aliphatic carbocycles. The van der Waals surface area contributed by atoms with Gasteiger partial charge in [0.1, 0.15) is 5.82 Å². The van der Waals surface area contributed by atoms with Crippen molar-refractivity contribution in [1.82, 2.24) is 0 Å². The SMILES string of the molecule is NCCCSc1cc(C(=O)O)ccc1F. The quantitative estimate of drug-likeness (QED) is 0.598. The van der Waals surface area contributed by atoms with Crippen LogP contribution in [0.5, 0.6) is 0 Å². The number of hydrogen-bond donors (Lipinski definition) is 2. The first-order chi connectivity index (χ1) is 7.15. The summed E-state index contributed by atoms with van der Waals surface area (Å²) in [5.41, 5.74) is 5.41. The molecule has 0 aliphatic heterocycles. The molecule has 82 valence electrons. The van der Waals surface area contributed by atoms with E-state index in [0.29, 0.717) is 17.2 Å². The highest BCUT2D eigenvalue weighted by Gasteiger charge is 2.08. The molecule has 3 nitrogen and oxygen atoms in total. The van der Waals surface area contributed by atoms with Gasteiger partial charge in [0.15, 0.2) is 0 Å². The molecule has 1 rings (SSSR count). The Balaban J connectivity index is 2.76. The van der Waals surface area contributed by atoms with Crippen LogP contribution in [0.1, 0.15) is 16.8 Å². The highest BCUT2D eigenvalue weighted by Crippen LogP contribution is 2.23. The van der Waals surface area contributed by atoms with Crippen LogP contribution in [-0.2, 0) is 0 Å². The maximum atomic E-state index is 13.2. The van der Waals surface area contributed by atoms with Crippen LogP contribution in [0.15, 0.2) is 23.1 Å². The number of carboxylic acids is 1. The van der Waals surface area contributed by atoms with Crippen LogP contribution < -0.4 is 5.73 Å². The van der Waals surface area contributed by atoms with Gasteiger partial charge >= 0.3 is 5.97 Å². The third kappa shape index (κ3) is 3.53. The molecule has 15 heavy (non-hydrogen) atoms. The van der Waals surface area contributed by atoms with Crippen LogP contribution in [0.3, 0.4) is 0 Å². The molecular formula is C10H12FNO2S. The lowest BCUT2D eigenvalue weighted by atomic mass is 10.2. The molecule has 0 saturated heterocycles. The van der Waals surface area contributed by atoms with Crippen LogP contribution in [-0.4, -0.2) is 23.4 Å². The van der Waals surface area contributed by atoms with Crippen LogP contribution in [0.2, 0.25) is 0 Å². The zero-order chi connectivity index (χ0) is 11.3. The van der Waals surface area contributed by atoms with Crippen molar-refractivity contribution in [2.24, 2.45) is 5.73 Å². The Bertz CT molecular complexity index is 357. The summed E-state index contributed by atoms with van der Waals surface area (Å²) < 4.78 is 13.2. The molecule has 0 fully saturated rings. The summed E-state index contributed by atoms with van der Waals surface area (Å²) in [6, 6.07) is 3.78. The van der Waals surface area contributed by atoms with Gasteiger partial charge in [-0.2, -0.15) is 0 Å². The van der Waals surface area contributed by atoms with E-state index in [-0.39, 0.29) is 11.4 Å². The standard InChI is InChI=1S/C10H12FNO2S/c11-8-3-2-7(10(13)14)6-9(8)15-5-1-4-12/h2-3,6H,1,4-5,12H2,(H,13,14). The number of hydrogen-bond acceptors (Lipinski definition) is 3. The van der Waals surface area contributed by atoms with Crippen LogP contribution in [0, 0.1) is 5.82 Å². The predicted molar refractivity (Wildman–Crippen MR) is 57.8 cm³/mol. The number of halogens is 1. The summed E-state index contributed by atoms with van der Waals surface area (Å²) in [5.74, 6) is -0.742. The van der Waals surface area contributed by atoms with Gasteiger partial charge in [-0.15, -0.1) is 11.8 Å². The molecule has 0 unspecified atom stereocenters. The first-order valence-corrected chi connectivity index (χ1v) is 5.49. The van der Waals surface area contributed by atoms with Crippen molar-refractivity contribution in [3.05, 3.63) is 29.6 Å². The van der Waals surface area contributed by atoms with Crippen LogP contribution in [0.4, 0.5) is 4.39 Å². The number of carboxylic acid groups (broad SMARTS) is 1. The van der Waals surface area contributed by atoms with Crippen molar-refractivity contribution < 1.29 is 14.3 Å².